The molecule has 0 aliphatic heterocycles. The van der Waals surface area contributed by atoms with Gasteiger partial charge in [0.1, 0.15) is 5.75 Å². The molecule has 0 heterocycles. The van der Waals surface area contributed by atoms with Crippen molar-refractivity contribution in [1.29, 1.82) is 0 Å². The molecule has 5 nitrogen and oxygen atoms in total. The maximum Gasteiger partial charge on any atom is 0.372 e. The van der Waals surface area contributed by atoms with Gasteiger partial charge in [-0.15, -0.1) is 0 Å². The first kappa shape index (κ1) is 17.5. The second kappa shape index (κ2) is 7.64. The van der Waals surface area contributed by atoms with Crippen LogP contribution in [0.15, 0.2) is 59.8 Å². The largest absolute Gasteiger partial charge is 0.482 e. The van der Waals surface area contributed by atoms with E-state index in [2.05, 4.69) is 25.9 Å². The number of carbonyl (C=O) groups excluding carboxylic acids is 1. The molecule has 0 aliphatic rings. The minimum absolute atomic E-state index is 0.0706. The van der Waals surface area contributed by atoms with Crippen molar-refractivity contribution in [2.75, 3.05) is 6.61 Å². The number of amidine groups is 1. The molecule has 0 saturated carbocycles. The van der Waals surface area contributed by atoms with Crippen molar-refractivity contribution in [2.24, 2.45) is 10.9 Å². The van der Waals surface area contributed by atoms with Gasteiger partial charge in [-0.25, -0.2) is 4.79 Å². The van der Waals surface area contributed by atoms with Crippen molar-refractivity contribution in [3.63, 3.8) is 0 Å². The fourth-order valence-electron chi connectivity index (χ4n) is 1.98. The van der Waals surface area contributed by atoms with Crippen LogP contribution in [0.4, 0.5) is 0 Å². The zero-order valence-corrected chi connectivity index (χ0v) is 14.2. The molecule has 0 spiro atoms. The Morgan fingerprint density at radius 1 is 1.04 bits per heavy atom. The Bertz CT molecular complexity index is 702. The van der Waals surface area contributed by atoms with Gasteiger partial charge >= 0.3 is 5.97 Å². The molecular formula is C19H22N2O3. The van der Waals surface area contributed by atoms with Crippen LogP contribution < -0.4 is 10.5 Å². The number of benzene rings is 2. The summed E-state index contributed by atoms with van der Waals surface area (Å²) in [5.41, 5.74) is 7.69. The minimum atomic E-state index is -0.617. The van der Waals surface area contributed by atoms with Crippen LogP contribution in [0.1, 0.15) is 31.9 Å². The summed E-state index contributed by atoms with van der Waals surface area (Å²) in [6.07, 6.45) is 0. The predicted octanol–water partition coefficient (Wildman–Crippen LogP) is 3.23. The van der Waals surface area contributed by atoms with Gasteiger partial charge in [0.05, 0.1) is 0 Å². The minimum Gasteiger partial charge on any atom is -0.482 e. The predicted molar refractivity (Wildman–Crippen MR) is 93.9 cm³/mol. The molecule has 24 heavy (non-hydrogen) atoms. The fraction of sp³-hybridized carbons (Fsp3) is 0.263. The number of nitrogens with two attached hydrogens (primary N) is 1. The highest BCUT2D eigenvalue weighted by molar-refractivity contribution is 5.97. The van der Waals surface area contributed by atoms with Gasteiger partial charge in [0.2, 0.25) is 0 Å². The third kappa shape index (κ3) is 5.12. The van der Waals surface area contributed by atoms with Crippen LogP contribution >= 0.6 is 0 Å². The molecule has 0 fully saturated rings. The summed E-state index contributed by atoms with van der Waals surface area (Å²) in [7, 11) is 0. The Hall–Kier alpha value is -2.82. The molecule has 0 aliphatic carbocycles. The smallest absolute Gasteiger partial charge is 0.372 e. The van der Waals surface area contributed by atoms with Crippen LogP contribution in [0.2, 0.25) is 0 Å². The van der Waals surface area contributed by atoms with Gasteiger partial charge in [-0.3, -0.25) is 0 Å². The van der Waals surface area contributed by atoms with Crippen molar-refractivity contribution in [3.05, 3.63) is 65.7 Å². The lowest BCUT2D eigenvalue weighted by molar-refractivity contribution is -0.146. The van der Waals surface area contributed by atoms with E-state index in [1.54, 1.807) is 12.1 Å². The lowest BCUT2D eigenvalue weighted by Gasteiger charge is -2.19. The molecular weight excluding hydrogens is 304 g/mol. The molecule has 0 aromatic heterocycles. The zero-order chi connectivity index (χ0) is 17.6. The lowest BCUT2D eigenvalue weighted by Crippen LogP contribution is -2.18. The molecule has 2 aromatic carbocycles. The normalized spacial score (nSPS) is 11.9. The molecule has 0 bridgehead atoms. The van der Waals surface area contributed by atoms with Gasteiger partial charge in [-0.1, -0.05) is 68.4 Å². The average Bonchev–Trinajstić information content (AvgIpc) is 2.58. The van der Waals surface area contributed by atoms with Crippen molar-refractivity contribution in [3.8, 4) is 5.75 Å². The van der Waals surface area contributed by atoms with E-state index in [9.17, 15) is 4.79 Å². The van der Waals surface area contributed by atoms with E-state index in [0.717, 1.165) is 0 Å². The molecule has 5 heteroatoms. The van der Waals surface area contributed by atoms with Gasteiger partial charge in [-0.2, -0.15) is 0 Å². The second-order valence-electron chi connectivity index (χ2n) is 6.37. The first-order valence-corrected chi connectivity index (χ1v) is 7.68. The van der Waals surface area contributed by atoms with Crippen molar-refractivity contribution in [2.45, 2.75) is 26.2 Å². The first-order chi connectivity index (χ1) is 11.4. The van der Waals surface area contributed by atoms with Crippen LogP contribution in [0, 0.1) is 0 Å². The van der Waals surface area contributed by atoms with Crippen LogP contribution in [-0.4, -0.2) is 18.4 Å². The fourth-order valence-corrected chi connectivity index (χ4v) is 1.98. The third-order valence-electron chi connectivity index (χ3n) is 3.39. The van der Waals surface area contributed by atoms with E-state index in [1.807, 2.05) is 42.5 Å². The lowest BCUT2D eigenvalue weighted by atomic mass is 9.87. The van der Waals surface area contributed by atoms with E-state index < -0.39 is 5.97 Å². The van der Waals surface area contributed by atoms with Gasteiger partial charge < -0.3 is 15.3 Å². The standard InChI is InChI=1S/C19H22N2O3/c1-19(2,3)15-9-11-16(12-10-15)23-13-17(22)24-21-18(20)14-7-5-4-6-8-14/h4-12H,13H2,1-3H3,(H2,20,21). The molecule has 0 radical (unpaired) electrons. The number of hydrogen-bond acceptors (Lipinski definition) is 4. The molecule has 2 aromatic rings. The summed E-state index contributed by atoms with van der Waals surface area (Å²) in [4.78, 5) is 16.4. The Kier molecular flexibility index (Phi) is 5.58. The molecule has 2 N–H and O–H groups in total. The maximum absolute atomic E-state index is 11.7. The summed E-state index contributed by atoms with van der Waals surface area (Å²) in [5.74, 6) is 0.118. The molecule has 2 rings (SSSR count). The van der Waals surface area contributed by atoms with Crippen LogP contribution in [-0.2, 0) is 15.0 Å². The SMILES string of the molecule is CC(C)(C)c1ccc(OCC(=O)ON=C(N)c2ccccc2)cc1. The maximum atomic E-state index is 11.7. The second-order valence-corrected chi connectivity index (χ2v) is 6.37. The van der Waals surface area contributed by atoms with Gasteiger partial charge in [0.25, 0.3) is 0 Å². The summed E-state index contributed by atoms with van der Waals surface area (Å²) in [6, 6.07) is 16.7. The van der Waals surface area contributed by atoms with Crippen LogP contribution in [0.25, 0.3) is 0 Å². The molecule has 0 saturated heterocycles. The average molecular weight is 326 g/mol. The van der Waals surface area contributed by atoms with E-state index in [-0.39, 0.29) is 17.9 Å². The Balaban J connectivity index is 1.85. The number of nitrogens with zero attached hydrogens (tertiary/aromatic N) is 1. The summed E-state index contributed by atoms with van der Waals surface area (Å²) >= 11 is 0. The Morgan fingerprint density at radius 3 is 2.25 bits per heavy atom. The number of hydrogen-bond donors (Lipinski definition) is 1. The van der Waals surface area contributed by atoms with E-state index in [4.69, 9.17) is 15.3 Å². The Morgan fingerprint density at radius 2 is 1.67 bits per heavy atom. The summed E-state index contributed by atoms with van der Waals surface area (Å²) in [5, 5.41) is 3.62. The quantitative estimate of drug-likeness (QED) is 0.396. The zero-order valence-electron chi connectivity index (χ0n) is 14.2. The summed E-state index contributed by atoms with van der Waals surface area (Å²) in [6.45, 7) is 6.17. The number of oxime groups is 1. The first-order valence-electron chi connectivity index (χ1n) is 7.68. The van der Waals surface area contributed by atoms with Crippen molar-refractivity contribution >= 4 is 11.8 Å². The van der Waals surface area contributed by atoms with E-state index in [1.165, 1.54) is 5.56 Å². The number of carbonyl (C=O) groups is 1. The van der Waals surface area contributed by atoms with Gasteiger partial charge in [0.15, 0.2) is 12.4 Å². The van der Waals surface area contributed by atoms with Crippen LogP contribution in [0.5, 0.6) is 5.75 Å². The van der Waals surface area contributed by atoms with E-state index in [0.29, 0.717) is 11.3 Å². The van der Waals surface area contributed by atoms with E-state index >= 15 is 0 Å². The van der Waals surface area contributed by atoms with Crippen molar-refractivity contribution < 1.29 is 14.4 Å². The highest BCUT2D eigenvalue weighted by Crippen LogP contribution is 2.24. The highest BCUT2D eigenvalue weighted by Gasteiger charge is 2.13. The van der Waals surface area contributed by atoms with Gasteiger partial charge in [0, 0.05) is 5.56 Å². The molecule has 0 atom stereocenters. The number of ether oxygens (including phenoxy) is 1. The van der Waals surface area contributed by atoms with Crippen molar-refractivity contribution in [1.82, 2.24) is 0 Å². The topological polar surface area (TPSA) is 73.9 Å². The molecule has 0 amide bonds. The molecule has 126 valence electrons. The monoisotopic (exact) mass is 326 g/mol. The molecule has 0 unspecified atom stereocenters. The van der Waals surface area contributed by atoms with Gasteiger partial charge in [-0.05, 0) is 23.1 Å². The van der Waals surface area contributed by atoms with Crippen LogP contribution in [0.3, 0.4) is 0 Å². The Labute approximate surface area is 142 Å². The third-order valence-corrected chi connectivity index (χ3v) is 3.39. The summed E-state index contributed by atoms with van der Waals surface area (Å²) < 4.78 is 5.39. The number of rotatable bonds is 5. The highest BCUT2D eigenvalue weighted by atomic mass is 16.7.